The summed E-state index contributed by atoms with van der Waals surface area (Å²) in [5.74, 6) is 0.633. The van der Waals surface area contributed by atoms with Crippen LogP contribution in [-0.4, -0.2) is 48.8 Å². The standard InChI is InChI=1S/C17H27NO4S2/c1-13(2)24(21,22)15-7-5-14(6-8-15)11-16(19)18-12-17(3,20)9-10-23-4/h5-8,13,20H,9-12H2,1-4H3,(H,18,19)/t17-/m1/s1. The minimum atomic E-state index is -3.30. The second-order valence-corrected chi connectivity index (χ2v) is 9.92. The molecule has 136 valence electrons. The van der Waals surface area contributed by atoms with Crippen LogP contribution in [0.2, 0.25) is 0 Å². The smallest absolute Gasteiger partial charge is 0.224 e. The Labute approximate surface area is 149 Å². The van der Waals surface area contributed by atoms with E-state index in [2.05, 4.69) is 5.32 Å². The molecular formula is C17H27NO4S2. The molecule has 1 aromatic carbocycles. The lowest BCUT2D eigenvalue weighted by atomic mass is 10.0. The first kappa shape index (κ1) is 21.0. The van der Waals surface area contributed by atoms with Gasteiger partial charge >= 0.3 is 0 Å². The highest BCUT2D eigenvalue weighted by atomic mass is 32.2. The number of thioether (sulfide) groups is 1. The Morgan fingerprint density at radius 3 is 2.38 bits per heavy atom. The lowest BCUT2D eigenvalue weighted by molar-refractivity contribution is -0.121. The molecule has 5 nitrogen and oxygen atoms in total. The van der Waals surface area contributed by atoms with Crippen LogP contribution in [-0.2, 0) is 21.1 Å². The van der Waals surface area contributed by atoms with E-state index in [1.165, 1.54) is 12.1 Å². The summed E-state index contributed by atoms with van der Waals surface area (Å²) in [7, 11) is -3.30. The highest BCUT2D eigenvalue weighted by molar-refractivity contribution is 7.98. The molecule has 0 spiro atoms. The van der Waals surface area contributed by atoms with Gasteiger partial charge < -0.3 is 10.4 Å². The van der Waals surface area contributed by atoms with Crippen molar-refractivity contribution >= 4 is 27.5 Å². The van der Waals surface area contributed by atoms with Gasteiger partial charge in [0.05, 0.1) is 22.2 Å². The quantitative estimate of drug-likeness (QED) is 0.692. The van der Waals surface area contributed by atoms with Crippen molar-refractivity contribution in [1.82, 2.24) is 5.32 Å². The van der Waals surface area contributed by atoms with Gasteiger partial charge in [-0.3, -0.25) is 4.79 Å². The molecule has 0 unspecified atom stereocenters. The summed E-state index contributed by atoms with van der Waals surface area (Å²) in [5, 5.41) is 12.4. The predicted octanol–water partition coefficient (Wildman–Crippen LogP) is 2.03. The molecule has 0 aromatic heterocycles. The van der Waals surface area contributed by atoms with Crippen LogP contribution in [0, 0.1) is 0 Å². The number of nitrogens with one attached hydrogen (secondary N) is 1. The van der Waals surface area contributed by atoms with Gasteiger partial charge in [0.1, 0.15) is 0 Å². The SMILES string of the molecule is CSCC[C@@](C)(O)CNC(=O)Cc1ccc(S(=O)(=O)C(C)C)cc1. The summed E-state index contributed by atoms with van der Waals surface area (Å²) in [4.78, 5) is 12.2. The first-order chi connectivity index (χ1) is 11.1. The van der Waals surface area contributed by atoms with E-state index in [9.17, 15) is 18.3 Å². The molecule has 0 aliphatic heterocycles. The van der Waals surface area contributed by atoms with E-state index in [4.69, 9.17) is 0 Å². The molecule has 1 rings (SSSR count). The minimum absolute atomic E-state index is 0.153. The summed E-state index contributed by atoms with van der Waals surface area (Å²) in [6, 6.07) is 6.38. The maximum Gasteiger partial charge on any atom is 0.224 e. The Bertz CT molecular complexity index is 637. The average molecular weight is 374 g/mol. The highest BCUT2D eigenvalue weighted by Gasteiger charge is 2.21. The van der Waals surface area contributed by atoms with Crippen molar-refractivity contribution < 1.29 is 18.3 Å². The van der Waals surface area contributed by atoms with Crippen LogP contribution in [0.4, 0.5) is 0 Å². The number of hydrogen-bond donors (Lipinski definition) is 2. The number of amides is 1. The van der Waals surface area contributed by atoms with Crippen molar-refractivity contribution in [3.63, 3.8) is 0 Å². The van der Waals surface area contributed by atoms with E-state index < -0.39 is 20.7 Å². The van der Waals surface area contributed by atoms with Crippen LogP contribution >= 0.6 is 11.8 Å². The number of aliphatic hydroxyl groups is 1. The van der Waals surface area contributed by atoms with Crippen molar-refractivity contribution in [1.29, 1.82) is 0 Å². The van der Waals surface area contributed by atoms with Gasteiger partial charge in [0, 0.05) is 6.54 Å². The first-order valence-electron chi connectivity index (χ1n) is 7.89. The zero-order chi connectivity index (χ0) is 18.4. The third-order valence-corrected chi connectivity index (χ3v) is 6.53. The summed E-state index contributed by atoms with van der Waals surface area (Å²) in [6.07, 6.45) is 2.73. The van der Waals surface area contributed by atoms with Crippen LogP contribution in [0.25, 0.3) is 0 Å². The van der Waals surface area contributed by atoms with Crippen LogP contribution in [0.1, 0.15) is 32.8 Å². The maximum absolute atomic E-state index is 12.1. The summed E-state index contributed by atoms with van der Waals surface area (Å²) in [5.41, 5.74) is -0.188. The second-order valence-electron chi connectivity index (χ2n) is 6.43. The molecule has 0 heterocycles. The lowest BCUT2D eigenvalue weighted by Crippen LogP contribution is -2.41. The number of benzene rings is 1. The topological polar surface area (TPSA) is 83.5 Å². The summed E-state index contributed by atoms with van der Waals surface area (Å²) < 4.78 is 24.1. The molecule has 0 saturated heterocycles. The van der Waals surface area contributed by atoms with Crippen LogP contribution < -0.4 is 5.32 Å². The largest absolute Gasteiger partial charge is 0.388 e. The molecule has 0 aliphatic rings. The van der Waals surface area contributed by atoms with Crippen LogP contribution in [0.3, 0.4) is 0 Å². The van der Waals surface area contributed by atoms with E-state index in [0.717, 1.165) is 11.3 Å². The van der Waals surface area contributed by atoms with Crippen molar-refractivity contribution in [2.24, 2.45) is 0 Å². The Morgan fingerprint density at radius 1 is 1.29 bits per heavy atom. The van der Waals surface area contributed by atoms with Gasteiger partial charge in [-0.15, -0.1) is 0 Å². The Morgan fingerprint density at radius 2 is 1.88 bits per heavy atom. The molecule has 0 bridgehead atoms. The molecular weight excluding hydrogens is 346 g/mol. The van der Waals surface area contributed by atoms with Gasteiger partial charge in [-0.1, -0.05) is 12.1 Å². The number of sulfone groups is 1. The van der Waals surface area contributed by atoms with E-state index >= 15 is 0 Å². The number of carbonyl (C=O) groups excluding carboxylic acids is 1. The molecule has 0 radical (unpaired) electrons. The monoisotopic (exact) mass is 373 g/mol. The van der Waals surface area contributed by atoms with Gasteiger partial charge in [-0.25, -0.2) is 8.42 Å². The molecule has 0 aliphatic carbocycles. The molecule has 1 aromatic rings. The third-order valence-electron chi connectivity index (χ3n) is 3.75. The average Bonchev–Trinajstić information content (AvgIpc) is 2.51. The van der Waals surface area contributed by atoms with Crippen molar-refractivity contribution in [3.8, 4) is 0 Å². The number of hydrogen-bond acceptors (Lipinski definition) is 5. The van der Waals surface area contributed by atoms with Crippen molar-refractivity contribution in [2.75, 3.05) is 18.6 Å². The van der Waals surface area contributed by atoms with E-state index in [1.54, 1.807) is 44.7 Å². The fraction of sp³-hybridized carbons (Fsp3) is 0.588. The van der Waals surface area contributed by atoms with Crippen LogP contribution in [0.5, 0.6) is 0 Å². The highest BCUT2D eigenvalue weighted by Crippen LogP contribution is 2.17. The molecule has 0 saturated carbocycles. The van der Waals surface area contributed by atoms with E-state index in [1.807, 2.05) is 6.26 Å². The van der Waals surface area contributed by atoms with Crippen molar-refractivity contribution in [3.05, 3.63) is 29.8 Å². The fourth-order valence-corrected chi connectivity index (χ4v) is 3.72. The molecule has 1 atom stereocenters. The van der Waals surface area contributed by atoms with Crippen LogP contribution in [0.15, 0.2) is 29.2 Å². The normalized spacial score (nSPS) is 14.4. The third kappa shape index (κ3) is 6.45. The molecule has 1 amide bonds. The Balaban J connectivity index is 2.60. The van der Waals surface area contributed by atoms with Crippen molar-refractivity contribution in [2.45, 2.75) is 49.4 Å². The molecule has 0 fully saturated rings. The van der Waals surface area contributed by atoms with E-state index in [0.29, 0.717) is 6.42 Å². The number of carbonyl (C=O) groups is 1. The van der Waals surface area contributed by atoms with Gasteiger partial charge in [0.2, 0.25) is 5.91 Å². The molecule has 2 N–H and O–H groups in total. The maximum atomic E-state index is 12.1. The zero-order valence-corrected chi connectivity index (χ0v) is 16.3. The van der Waals surface area contributed by atoms with Gasteiger partial charge in [0.25, 0.3) is 0 Å². The second kappa shape index (κ2) is 8.87. The summed E-state index contributed by atoms with van der Waals surface area (Å²) in [6.45, 7) is 5.18. The zero-order valence-electron chi connectivity index (χ0n) is 14.7. The lowest BCUT2D eigenvalue weighted by Gasteiger charge is -2.23. The van der Waals surface area contributed by atoms with Gasteiger partial charge in [-0.2, -0.15) is 11.8 Å². The first-order valence-corrected chi connectivity index (χ1v) is 10.8. The molecule has 24 heavy (non-hydrogen) atoms. The van der Waals surface area contributed by atoms with E-state index in [-0.39, 0.29) is 23.8 Å². The fourth-order valence-electron chi connectivity index (χ4n) is 2.02. The summed E-state index contributed by atoms with van der Waals surface area (Å²) >= 11 is 1.65. The Hall–Kier alpha value is -1.05. The predicted molar refractivity (Wildman–Crippen MR) is 99.1 cm³/mol. The molecule has 7 heteroatoms. The van der Waals surface area contributed by atoms with Gasteiger partial charge in [0.15, 0.2) is 9.84 Å². The van der Waals surface area contributed by atoms with Gasteiger partial charge in [-0.05, 0) is 56.9 Å². The number of rotatable bonds is 9. The minimum Gasteiger partial charge on any atom is -0.388 e. The Kier molecular flexibility index (Phi) is 7.76.